The molecule has 0 aliphatic heterocycles. The maximum Gasteiger partial charge on any atom is 0.249 e. The van der Waals surface area contributed by atoms with Gasteiger partial charge in [0.05, 0.1) is 0 Å². The topological polar surface area (TPSA) is 56.0 Å². The Morgan fingerprint density at radius 3 is 2.92 bits per heavy atom. The molecular weight excluding hydrogens is 152 g/mol. The molecule has 3 heteroatoms. The molecule has 1 heterocycles. The lowest BCUT2D eigenvalue weighted by molar-refractivity contribution is 0.0999. The highest BCUT2D eigenvalue weighted by molar-refractivity contribution is 5.94. The summed E-state index contributed by atoms with van der Waals surface area (Å²) < 4.78 is 0. The van der Waals surface area contributed by atoms with E-state index in [2.05, 4.69) is 4.98 Å². The van der Waals surface area contributed by atoms with Crippen LogP contribution in [0.25, 0.3) is 0 Å². The predicted molar refractivity (Wildman–Crippen MR) is 44.7 cm³/mol. The molecular formula is C9H10N2O. The Morgan fingerprint density at radius 1 is 1.58 bits per heavy atom. The fraction of sp³-hybridized carbons (Fsp3) is 0.333. The number of aromatic nitrogens is 1. The van der Waals surface area contributed by atoms with Gasteiger partial charge in [-0.1, -0.05) is 0 Å². The maximum atomic E-state index is 10.9. The van der Waals surface area contributed by atoms with Crippen LogP contribution in [0.1, 0.15) is 34.7 Å². The van der Waals surface area contributed by atoms with Crippen molar-refractivity contribution in [1.29, 1.82) is 0 Å². The van der Waals surface area contributed by atoms with Crippen LogP contribution in [0.2, 0.25) is 0 Å². The van der Waals surface area contributed by atoms with E-state index in [-0.39, 0.29) is 5.91 Å². The number of primary amides is 1. The third kappa shape index (κ3) is 1.18. The summed E-state index contributed by atoms with van der Waals surface area (Å²) in [6.07, 6.45) is 5.67. The highest BCUT2D eigenvalue weighted by Gasteiger charge is 2.27. The van der Waals surface area contributed by atoms with E-state index in [1.54, 1.807) is 18.5 Å². The largest absolute Gasteiger partial charge is 0.366 e. The molecule has 0 spiro atoms. The van der Waals surface area contributed by atoms with Gasteiger partial charge in [-0.05, 0) is 30.4 Å². The number of carbonyl (C=O) groups is 1. The Bertz CT molecular complexity index is 318. The zero-order valence-corrected chi connectivity index (χ0v) is 6.66. The van der Waals surface area contributed by atoms with Gasteiger partial charge < -0.3 is 5.73 Å². The van der Waals surface area contributed by atoms with Gasteiger partial charge in [-0.3, -0.25) is 9.78 Å². The highest BCUT2D eigenvalue weighted by Crippen LogP contribution is 2.41. The van der Waals surface area contributed by atoms with E-state index in [9.17, 15) is 4.79 Å². The molecule has 0 aromatic carbocycles. The van der Waals surface area contributed by atoms with Gasteiger partial charge in [0.25, 0.3) is 0 Å². The summed E-state index contributed by atoms with van der Waals surface area (Å²) in [5, 5.41) is 0. The predicted octanol–water partition coefficient (Wildman–Crippen LogP) is 1.06. The average Bonchev–Trinajstić information content (AvgIpc) is 2.87. The van der Waals surface area contributed by atoms with E-state index in [1.807, 2.05) is 0 Å². The van der Waals surface area contributed by atoms with E-state index in [0.29, 0.717) is 11.5 Å². The molecule has 12 heavy (non-hydrogen) atoms. The first-order valence-corrected chi connectivity index (χ1v) is 4.03. The van der Waals surface area contributed by atoms with Crippen LogP contribution < -0.4 is 5.73 Å². The minimum Gasteiger partial charge on any atom is -0.366 e. The normalized spacial score (nSPS) is 16.0. The molecule has 0 atom stereocenters. The SMILES string of the molecule is NC(=O)c1ccncc1C1CC1. The van der Waals surface area contributed by atoms with Crippen molar-refractivity contribution >= 4 is 5.91 Å². The molecule has 1 aromatic heterocycles. The maximum absolute atomic E-state index is 10.9. The lowest BCUT2D eigenvalue weighted by Gasteiger charge is -2.02. The molecule has 0 saturated heterocycles. The van der Waals surface area contributed by atoms with Crippen molar-refractivity contribution < 1.29 is 4.79 Å². The first-order chi connectivity index (χ1) is 5.79. The molecule has 0 unspecified atom stereocenters. The van der Waals surface area contributed by atoms with Crippen molar-refractivity contribution in [2.45, 2.75) is 18.8 Å². The van der Waals surface area contributed by atoms with E-state index < -0.39 is 0 Å². The second-order valence-corrected chi connectivity index (χ2v) is 3.10. The lowest BCUT2D eigenvalue weighted by Crippen LogP contribution is -2.13. The molecule has 1 aromatic rings. The van der Waals surface area contributed by atoms with Crippen LogP contribution in [0.3, 0.4) is 0 Å². The molecule has 1 aliphatic rings. The van der Waals surface area contributed by atoms with Gasteiger partial charge >= 0.3 is 0 Å². The van der Waals surface area contributed by atoms with E-state index >= 15 is 0 Å². The van der Waals surface area contributed by atoms with Crippen LogP contribution in [0.4, 0.5) is 0 Å². The number of pyridine rings is 1. The van der Waals surface area contributed by atoms with Crippen molar-refractivity contribution in [3.8, 4) is 0 Å². The van der Waals surface area contributed by atoms with Crippen molar-refractivity contribution in [3.63, 3.8) is 0 Å². The molecule has 0 radical (unpaired) electrons. The number of rotatable bonds is 2. The Balaban J connectivity index is 2.43. The number of nitrogens with zero attached hydrogens (tertiary/aromatic N) is 1. The van der Waals surface area contributed by atoms with Gasteiger partial charge in [-0.15, -0.1) is 0 Å². The minimum atomic E-state index is -0.348. The average molecular weight is 162 g/mol. The van der Waals surface area contributed by atoms with Crippen LogP contribution in [0.5, 0.6) is 0 Å². The van der Waals surface area contributed by atoms with Crippen molar-refractivity contribution in [1.82, 2.24) is 4.98 Å². The fourth-order valence-corrected chi connectivity index (χ4v) is 1.35. The van der Waals surface area contributed by atoms with Gasteiger partial charge in [-0.25, -0.2) is 0 Å². The number of nitrogens with two attached hydrogens (primary N) is 1. The Labute approximate surface area is 70.6 Å². The quantitative estimate of drug-likeness (QED) is 0.706. The molecule has 62 valence electrons. The fourth-order valence-electron chi connectivity index (χ4n) is 1.35. The lowest BCUT2D eigenvalue weighted by atomic mass is 10.1. The van der Waals surface area contributed by atoms with Gasteiger partial charge in [0.15, 0.2) is 0 Å². The first kappa shape index (κ1) is 7.28. The highest BCUT2D eigenvalue weighted by atomic mass is 16.1. The third-order valence-electron chi connectivity index (χ3n) is 2.13. The molecule has 2 N–H and O–H groups in total. The zero-order valence-electron chi connectivity index (χ0n) is 6.66. The molecule has 1 saturated carbocycles. The Kier molecular flexibility index (Phi) is 1.57. The van der Waals surface area contributed by atoms with Gasteiger partial charge in [0, 0.05) is 18.0 Å². The molecule has 1 aliphatic carbocycles. The number of amides is 1. The van der Waals surface area contributed by atoms with Gasteiger partial charge in [-0.2, -0.15) is 0 Å². The summed E-state index contributed by atoms with van der Waals surface area (Å²) in [5.41, 5.74) is 6.86. The summed E-state index contributed by atoms with van der Waals surface area (Å²) in [6.45, 7) is 0. The van der Waals surface area contributed by atoms with E-state index in [1.165, 1.54) is 0 Å². The Hall–Kier alpha value is -1.38. The standard InChI is InChI=1S/C9H10N2O/c10-9(12)7-3-4-11-5-8(7)6-1-2-6/h3-6H,1-2H2,(H2,10,12). The van der Waals surface area contributed by atoms with Crippen LogP contribution in [0, 0.1) is 0 Å². The van der Waals surface area contributed by atoms with E-state index in [0.717, 1.165) is 18.4 Å². The molecule has 0 bridgehead atoms. The van der Waals surface area contributed by atoms with Gasteiger partial charge in [0.2, 0.25) is 5.91 Å². The first-order valence-electron chi connectivity index (χ1n) is 4.03. The second kappa shape index (κ2) is 2.59. The molecule has 1 fully saturated rings. The summed E-state index contributed by atoms with van der Waals surface area (Å²) in [6, 6.07) is 1.69. The van der Waals surface area contributed by atoms with Crippen LogP contribution in [-0.2, 0) is 0 Å². The molecule has 1 amide bonds. The van der Waals surface area contributed by atoms with Crippen LogP contribution in [0.15, 0.2) is 18.5 Å². The van der Waals surface area contributed by atoms with Gasteiger partial charge in [0.1, 0.15) is 0 Å². The Morgan fingerprint density at radius 2 is 2.33 bits per heavy atom. The number of hydrogen-bond acceptors (Lipinski definition) is 2. The summed E-state index contributed by atoms with van der Waals surface area (Å²) in [7, 11) is 0. The van der Waals surface area contributed by atoms with Crippen molar-refractivity contribution in [2.24, 2.45) is 5.73 Å². The monoisotopic (exact) mass is 162 g/mol. The summed E-state index contributed by atoms with van der Waals surface area (Å²) in [4.78, 5) is 14.9. The van der Waals surface area contributed by atoms with Crippen molar-refractivity contribution in [3.05, 3.63) is 29.6 Å². The van der Waals surface area contributed by atoms with E-state index in [4.69, 9.17) is 5.73 Å². The third-order valence-corrected chi connectivity index (χ3v) is 2.13. The summed E-state index contributed by atoms with van der Waals surface area (Å²) in [5.74, 6) is 0.181. The number of hydrogen-bond donors (Lipinski definition) is 1. The van der Waals surface area contributed by atoms with Crippen LogP contribution >= 0.6 is 0 Å². The molecule has 2 rings (SSSR count). The zero-order chi connectivity index (χ0) is 8.55. The molecule has 3 nitrogen and oxygen atoms in total. The van der Waals surface area contributed by atoms with Crippen molar-refractivity contribution in [2.75, 3.05) is 0 Å². The number of carbonyl (C=O) groups excluding carboxylic acids is 1. The second-order valence-electron chi connectivity index (χ2n) is 3.10. The minimum absolute atomic E-state index is 0.348. The smallest absolute Gasteiger partial charge is 0.249 e. The van der Waals surface area contributed by atoms with Crippen LogP contribution in [-0.4, -0.2) is 10.9 Å². The summed E-state index contributed by atoms with van der Waals surface area (Å²) >= 11 is 0.